The van der Waals surface area contributed by atoms with E-state index >= 15 is 0 Å². The van der Waals surface area contributed by atoms with Crippen LogP contribution in [0.2, 0.25) is 0 Å². The summed E-state index contributed by atoms with van der Waals surface area (Å²) < 4.78 is 19.9. The quantitative estimate of drug-likeness (QED) is 0.770. The van der Waals surface area contributed by atoms with Crippen LogP contribution in [0.15, 0.2) is 47.3 Å². The van der Waals surface area contributed by atoms with Crippen LogP contribution in [0.25, 0.3) is 22.3 Å². The number of benzene rings is 2. The van der Waals surface area contributed by atoms with Crippen LogP contribution in [0.5, 0.6) is 0 Å². The third-order valence-corrected chi connectivity index (χ3v) is 4.04. The van der Waals surface area contributed by atoms with Crippen molar-refractivity contribution in [2.45, 2.75) is 33.0 Å². The van der Waals surface area contributed by atoms with E-state index in [9.17, 15) is 9.18 Å². The highest BCUT2D eigenvalue weighted by Gasteiger charge is 2.10. The maximum absolute atomic E-state index is 14.3. The molecule has 1 N–H and O–H groups in total. The molecular weight excluding hydrogens is 307 g/mol. The summed E-state index contributed by atoms with van der Waals surface area (Å²) in [6.07, 6.45) is 0.963. The number of ether oxygens (including phenoxy) is 1. The summed E-state index contributed by atoms with van der Waals surface area (Å²) in [5.41, 5.74) is 1.37. The predicted octanol–water partition coefficient (Wildman–Crippen LogP) is 4.04. The first-order valence-electron chi connectivity index (χ1n) is 7.98. The molecule has 0 radical (unpaired) electrons. The summed E-state index contributed by atoms with van der Waals surface area (Å²) in [4.78, 5) is 19.2. The number of para-hydroxylation sites is 1. The minimum absolute atomic E-state index is 0.0857. The zero-order chi connectivity index (χ0) is 17.1. The lowest BCUT2D eigenvalue weighted by molar-refractivity contribution is 0.0492. The summed E-state index contributed by atoms with van der Waals surface area (Å²) in [6.45, 7) is 4.20. The summed E-state index contributed by atoms with van der Waals surface area (Å²) >= 11 is 0. The molecule has 1 aromatic heterocycles. The van der Waals surface area contributed by atoms with Crippen molar-refractivity contribution in [1.82, 2.24) is 9.97 Å². The van der Waals surface area contributed by atoms with E-state index in [-0.39, 0.29) is 24.1 Å². The molecular formula is C19H19FN2O2. The van der Waals surface area contributed by atoms with E-state index in [1.807, 2.05) is 19.9 Å². The number of fused-ring (bicyclic) bond motifs is 1. The lowest BCUT2D eigenvalue weighted by atomic mass is 10.1. The topological polar surface area (TPSA) is 55.0 Å². The second-order valence-electron chi connectivity index (χ2n) is 5.77. The number of aromatic nitrogens is 2. The molecule has 124 valence electrons. The molecule has 0 aliphatic rings. The van der Waals surface area contributed by atoms with Gasteiger partial charge in [0.1, 0.15) is 11.6 Å². The van der Waals surface area contributed by atoms with E-state index in [1.54, 1.807) is 30.3 Å². The molecule has 3 aromatic rings. The lowest BCUT2D eigenvalue weighted by Gasteiger charge is -2.11. The Balaban J connectivity index is 1.93. The highest BCUT2D eigenvalue weighted by atomic mass is 19.1. The molecule has 3 rings (SSSR count). The first-order valence-corrected chi connectivity index (χ1v) is 7.98. The zero-order valence-electron chi connectivity index (χ0n) is 13.7. The smallest absolute Gasteiger partial charge is 0.259 e. The van der Waals surface area contributed by atoms with Crippen molar-refractivity contribution in [3.05, 3.63) is 64.2 Å². The fourth-order valence-corrected chi connectivity index (χ4v) is 2.38. The van der Waals surface area contributed by atoms with Crippen molar-refractivity contribution in [3.8, 4) is 11.4 Å². The van der Waals surface area contributed by atoms with Gasteiger partial charge in [-0.05, 0) is 31.5 Å². The Morgan fingerprint density at radius 3 is 2.79 bits per heavy atom. The van der Waals surface area contributed by atoms with Crippen molar-refractivity contribution in [3.63, 3.8) is 0 Å². The fraction of sp³-hybridized carbons (Fsp3) is 0.263. The van der Waals surface area contributed by atoms with Crippen LogP contribution in [-0.4, -0.2) is 16.1 Å². The van der Waals surface area contributed by atoms with Crippen molar-refractivity contribution in [1.29, 1.82) is 0 Å². The normalized spacial score (nSPS) is 12.5. The molecule has 4 nitrogen and oxygen atoms in total. The van der Waals surface area contributed by atoms with Crippen LogP contribution in [0.3, 0.4) is 0 Å². The van der Waals surface area contributed by atoms with Gasteiger partial charge in [0.2, 0.25) is 0 Å². The molecule has 0 aliphatic heterocycles. The number of nitrogens with zero attached hydrogens (tertiary/aromatic N) is 1. The van der Waals surface area contributed by atoms with Crippen molar-refractivity contribution < 1.29 is 9.13 Å². The Kier molecular flexibility index (Phi) is 4.71. The second-order valence-corrected chi connectivity index (χ2v) is 5.77. The molecule has 0 amide bonds. The molecule has 24 heavy (non-hydrogen) atoms. The molecule has 1 heterocycles. The lowest BCUT2D eigenvalue weighted by Crippen LogP contribution is -2.10. The number of rotatable bonds is 5. The maximum atomic E-state index is 14.3. The number of H-pyrrole nitrogens is 1. The SMILES string of the molecule is CCC(C)OCc1ccc(-c2nc3ccccc3c(=O)[nH]2)cc1F. The minimum Gasteiger partial charge on any atom is -0.374 e. The van der Waals surface area contributed by atoms with Gasteiger partial charge >= 0.3 is 0 Å². The third-order valence-electron chi connectivity index (χ3n) is 4.04. The Labute approximate surface area is 139 Å². The van der Waals surface area contributed by atoms with Gasteiger partial charge in [-0.15, -0.1) is 0 Å². The van der Waals surface area contributed by atoms with Gasteiger partial charge in [0.05, 0.1) is 23.6 Å². The highest BCUT2D eigenvalue weighted by Crippen LogP contribution is 2.20. The van der Waals surface area contributed by atoms with Gasteiger partial charge in [0.15, 0.2) is 0 Å². The summed E-state index contributed by atoms with van der Waals surface area (Å²) in [6, 6.07) is 11.9. The van der Waals surface area contributed by atoms with Crippen LogP contribution in [-0.2, 0) is 11.3 Å². The second kappa shape index (κ2) is 6.93. The van der Waals surface area contributed by atoms with Crippen molar-refractivity contribution in [2.24, 2.45) is 0 Å². The standard InChI is InChI=1S/C19H19FN2O2/c1-3-12(2)24-11-14-9-8-13(10-16(14)20)18-21-17-7-5-4-6-15(17)19(23)22-18/h4-10,12H,3,11H2,1-2H3,(H,21,22,23). The van der Waals surface area contributed by atoms with Crippen LogP contribution >= 0.6 is 0 Å². The minimum atomic E-state index is -0.369. The van der Waals surface area contributed by atoms with Crippen LogP contribution in [0, 0.1) is 5.82 Å². The Morgan fingerprint density at radius 2 is 2.04 bits per heavy atom. The molecule has 0 saturated carbocycles. The average molecular weight is 326 g/mol. The van der Waals surface area contributed by atoms with Gasteiger partial charge in [-0.2, -0.15) is 0 Å². The summed E-state index contributed by atoms with van der Waals surface area (Å²) in [7, 11) is 0. The number of hydrogen-bond acceptors (Lipinski definition) is 3. The molecule has 0 bridgehead atoms. The number of hydrogen-bond donors (Lipinski definition) is 1. The van der Waals surface area contributed by atoms with Gasteiger partial charge in [-0.25, -0.2) is 9.37 Å². The van der Waals surface area contributed by atoms with E-state index < -0.39 is 0 Å². The third kappa shape index (κ3) is 3.36. The van der Waals surface area contributed by atoms with E-state index in [0.717, 1.165) is 6.42 Å². The van der Waals surface area contributed by atoms with Gasteiger partial charge in [-0.1, -0.05) is 31.2 Å². The Hall–Kier alpha value is -2.53. The summed E-state index contributed by atoms with van der Waals surface area (Å²) in [5, 5.41) is 0.514. The highest BCUT2D eigenvalue weighted by molar-refractivity contribution is 5.79. The largest absolute Gasteiger partial charge is 0.374 e. The first kappa shape index (κ1) is 16.3. The van der Waals surface area contributed by atoms with E-state index in [2.05, 4.69) is 9.97 Å². The van der Waals surface area contributed by atoms with Crippen LogP contribution in [0.4, 0.5) is 4.39 Å². The molecule has 2 aromatic carbocycles. The van der Waals surface area contributed by atoms with Gasteiger partial charge < -0.3 is 9.72 Å². The monoisotopic (exact) mass is 326 g/mol. The van der Waals surface area contributed by atoms with Crippen LogP contribution in [0.1, 0.15) is 25.8 Å². The molecule has 0 aliphatic carbocycles. The maximum Gasteiger partial charge on any atom is 0.259 e. The summed E-state index contributed by atoms with van der Waals surface area (Å²) in [5.74, 6) is -0.0152. The molecule has 5 heteroatoms. The zero-order valence-corrected chi connectivity index (χ0v) is 13.7. The van der Waals surface area contributed by atoms with E-state index in [0.29, 0.717) is 27.9 Å². The number of aromatic amines is 1. The molecule has 0 spiro atoms. The molecule has 0 fully saturated rings. The average Bonchev–Trinajstić information content (AvgIpc) is 2.60. The molecule has 1 atom stereocenters. The van der Waals surface area contributed by atoms with Gasteiger partial charge in [0.25, 0.3) is 5.56 Å². The van der Waals surface area contributed by atoms with E-state index in [4.69, 9.17) is 4.74 Å². The Bertz CT molecular complexity index is 921. The van der Waals surface area contributed by atoms with Crippen molar-refractivity contribution >= 4 is 10.9 Å². The van der Waals surface area contributed by atoms with E-state index in [1.165, 1.54) is 6.07 Å². The number of halogens is 1. The van der Waals surface area contributed by atoms with Crippen LogP contribution < -0.4 is 5.56 Å². The first-order chi connectivity index (χ1) is 11.6. The van der Waals surface area contributed by atoms with Gasteiger partial charge in [0, 0.05) is 11.1 Å². The Morgan fingerprint density at radius 1 is 1.25 bits per heavy atom. The number of nitrogens with one attached hydrogen (secondary N) is 1. The fourth-order valence-electron chi connectivity index (χ4n) is 2.38. The van der Waals surface area contributed by atoms with Gasteiger partial charge in [-0.3, -0.25) is 4.79 Å². The molecule has 1 unspecified atom stereocenters. The predicted molar refractivity (Wildman–Crippen MR) is 92.3 cm³/mol. The van der Waals surface area contributed by atoms with Crippen molar-refractivity contribution in [2.75, 3.05) is 0 Å². The molecule has 0 saturated heterocycles.